The molecule has 1 heterocycles. The first-order valence-electron chi connectivity index (χ1n) is 3.74. The lowest BCUT2D eigenvalue weighted by molar-refractivity contribution is -0.127. The predicted molar refractivity (Wildman–Crippen MR) is 39.4 cm³/mol. The molecular weight excluding hydrogens is 128 g/mol. The Kier molecular flexibility index (Phi) is 2.27. The minimum Gasteiger partial charge on any atom is -0.353 e. The van der Waals surface area contributed by atoms with Crippen LogP contribution in [0.15, 0.2) is 0 Å². The summed E-state index contributed by atoms with van der Waals surface area (Å²) in [6.07, 6.45) is 2.01. The van der Waals surface area contributed by atoms with E-state index in [0.29, 0.717) is 12.6 Å². The van der Waals surface area contributed by atoms with E-state index in [1.807, 2.05) is 6.92 Å². The minimum atomic E-state index is 0.0659. The summed E-state index contributed by atoms with van der Waals surface area (Å²) in [4.78, 5) is 11.0. The molecule has 1 rings (SSSR count). The lowest BCUT2D eigenvalue weighted by atomic mass is 9.95. The van der Waals surface area contributed by atoms with Gasteiger partial charge < -0.3 is 11.1 Å². The second-order valence-electron chi connectivity index (χ2n) is 2.92. The standard InChI is InChI=1S/C7H14N2O/c1-5-2-3-6(4-8)7(10)9-5/h5-6H,2-4,8H2,1H3,(H,9,10)/t5-,6+/m0/s1. The molecule has 0 aliphatic carbocycles. The smallest absolute Gasteiger partial charge is 0.224 e. The largest absolute Gasteiger partial charge is 0.353 e. The second-order valence-corrected chi connectivity index (χ2v) is 2.92. The Balaban J connectivity index is 2.43. The summed E-state index contributed by atoms with van der Waals surface area (Å²) in [5, 5.41) is 2.86. The third kappa shape index (κ3) is 1.48. The quantitative estimate of drug-likeness (QED) is 0.535. The highest BCUT2D eigenvalue weighted by Gasteiger charge is 2.23. The summed E-state index contributed by atoms with van der Waals surface area (Å²) in [5.74, 6) is 0.192. The molecule has 58 valence electrons. The summed E-state index contributed by atoms with van der Waals surface area (Å²) in [6.45, 7) is 2.50. The van der Waals surface area contributed by atoms with Crippen LogP contribution >= 0.6 is 0 Å². The van der Waals surface area contributed by atoms with Crippen molar-refractivity contribution < 1.29 is 4.79 Å². The van der Waals surface area contributed by atoms with E-state index < -0.39 is 0 Å². The van der Waals surface area contributed by atoms with Gasteiger partial charge in [0.2, 0.25) is 5.91 Å². The fourth-order valence-electron chi connectivity index (χ4n) is 1.24. The Morgan fingerprint density at radius 3 is 2.90 bits per heavy atom. The normalized spacial score (nSPS) is 33.6. The summed E-state index contributed by atoms with van der Waals surface area (Å²) < 4.78 is 0. The van der Waals surface area contributed by atoms with Gasteiger partial charge in [0.05, 0.1) is 5.92 Å². The van der Waals surface area contributed by atoms with Gasteiger partial charge in [0, 0.05) is 12.6 Å². The molecule has 0 radical (unpaired) electrons. The van der Waals surface area contributed by atoms with Gasteiger partial charge in [0.1, 0.15) is 0 Å². The average Bonchev–Trinajstić information content (AvgIpc) is 1.88. The molecule has 2 atom stereocenters. The molecule has 1 aliphatic rings. The highest BCUT2D eigenvalue weighted by molar-refractivity contribution is 5.79. The Hall–Kier alpha value is -0.570. The zero-order valence-corrected chi connectivity index (χ0v) is 6.26. The van der Waals surface area contributed by atoms with Crippen molar-refractivity contribution in [3.8, 4) is 0 Å². The van der Waals surface area contributed by atoms with Crippen molar-refractivity contribution in [3.05, 3.63) is 0 Å². The number of hydrogen-bond donors (Lipinski definition) is 2. The van der Waals surface area contributed by atoms with Gasteiger partial charge in [0.15, 0.2) is 0 Å². The molecule has 0 aromatic rings. The van der Waals surface area contributed by atoms with Crippen LogP contribution in [0.4, 0.5) is 0 Å². The number of hydrogen-bond acceptors (Lipinski definition) is 2. The van der Waals surface area contributed by atoms with E-state index >= 15 is 0 Å². The molecule has 10 heavy (non-hydrogen) atoms. The van der Waals surface area contributed by atoms with Crippen molar-refractivity contribution in [3.63, 3.8) is 0 Å². The van der Waals surface area contributed by atoms with Crippen molar-refractivity contribution >= 4 is 5.91 Å². The van der Waals surface area contributed by atoms with E-state index in [1.165, 1.54) is 0 Å². The third-order valence-corrected chi connectivity index (χ3v) is 1.99. The van der Waals surface area contributed by atoms with E-state index in [9.17, 15) is 4.79 Å². The molecule has 0 aromatic heterocycles. The van der Waals surface area contributed by atoms with Gasteiger partial charge in [-0.25, -0.2) is 0 Å². The third-order valence-electron chi connectivity index (χ3n) is 1.99. The maximum absolute atomic E-state index is 11.0. The van der Waals surface area contributed by atoms with Crippen LogP contribution in [0.3, 0.4) is 0 Å². The van der Waals surface area contributed by atoms with Gasteiger partial charge in [-0.05, 0) is 19.8 Å². The fraction of sp³-hybridized carbons (Fsp3) is 0.857. The van der Waals surface area contributed by atoms with Crippen LogP contribution in [0.2, 0.25) is 0 Å². The molecule has 0 spiro atoms. The number of rotatable bonds is 1. The lowest BCUT2D eigenvalue weighted by Gasteiger charge is -2.25. The van der Waals surface area contributed by atoms with Crippen molar-refractivity contribution in [2.75, 3.05) is 6.54 Å². The molecule has 3 N–H and O–H groups in total. The van der Waals surface area contributed by atoms with Crippen molar-refractivity contribution in [2.24, 2.45) is 11.7 Å². The Labute approximate surface area is 61.0 Å². The van der Waals surface area contributed by atoms with Crippen LogP contribution in [-0.4, -0.2) is 18.5 Å². The van der Waals surface area contributed by atoms with E-state index in [-0.39, 0.29) is 11.8 Å². The molecular formula is C7H14N2O. The first kappa shape index (κ1) is 7.54. The van der Waals surface area contributed by atoms with Crippen molar-refractivity contribution in [1.29, 1.82) is 0 Å². The fourth-order valence-corrected chi connectivity index (χ4v) is 1.24. The Bertz CT molecular complexity index is 136. The van der Waals surface area contributed by atoms with E-state index in [1.54, 1.807) is 0 Å². The number of nitrogens with two attached hydrogens (primary N) is 1. The molecule has 1 aliphatic heterocycles. The van der Waals surface area contributed by atoms with E-state index in [2.05, 4.69) is 5.32 Å². The van der Waals surface area contributed by atoms with E-state index in [0.717, 1.165) is 12.8 Å². The first-order valence-corrected chi connectivity index (χ1v) is 3.74. The van der Waals surface area contributed by atoms with Gasteiger partial charge in [-0.15, -0.1) is 0 Å². The van der Waals surface area contributed by atoms with Gasteiger partial charge in [0.25, 0.3) is 0 Å². The molecule has 1 amide bonds. The second kappa shape index (κ2) is 3.01. The van der Waals surface area contributed by atoms with Gasteiger partial charge in [-0.2, -0.15) is 0 Å². The minimum absolute atomic E-state index is 0.0659. The first-order chi connectivity index (χ1) is 4.74. The molecule has 0 saturated carbocycles. The maximum Gasteiger partial charge on any atom is 0.224 e. The van der Waals surface area contributed by atoms with Crippen LogP contribution in [0.5, 0.6) is 0 Å². The zero-order valence-electron chi connectivity index (χ0n) is 6.26. The van der Waals surface area contributed by atoms with Crippen LogP contribution < -0.4 is 11.1 Å². The van der Waals surface area contributed by atoms with Crippen LogP contribution in [0.25, 0.3) is 0 Å². The molecule has 0 aromatic carbocycles. The lowest BCUT2D eigenvalue weighted by Crippen LogP contribution is -2.44. The number of amides is 1. The predicted octanol–water partition coefficient (Wildman–Crippen LogP) is -0.140. The number of nitrogens with one attached hydrogen (secondary N) is 1. The molecule has 1 fully saturated rings. The number of piperidine rings is 1. The van der Waals surface area contributed by atoms with Gasteiger partial charge >= 0.3 is 0 Å². The summed E-state index contributed by atoms with van der Waals surface area (Å²) in [5.41, 5.74) is 5.38. The molecule has 0 bridgehead atoms. The average molecular weight is 142 g/mol. The van der Waals surface area contributed by atoms with Gasteiger partial charge in [-0.1, -0.05) is 0 Å². The summed E-state index contributed by atoms with van der Waals surface area (Å²) in [7, 11) is 0. The maximum atomic E-state index is 11.0. The highest BCUT2D eigenvalue weighted by Crippen LogP contribution is 2.13. The molecule has 3 nitrogen and oxygen atoms in total. The Morgan fingerprint density at radius 2 is 2.40 bits per heavy atom. The van der Waals surface area contributed by atoms with Gasteiger partial charge in [-0.3, -0.25) is 4.79 Å². The van der Waals surface area contributed by atoms with Crippen molar-refractivity contribution in [2.45, 2.75) is 25.8 Å². The zero-order chi connectivity index (χ0) is 7.56. The molecule has 0 unspecified atom stereocenters. The number of carbonyl (C=O) groups is 1. The SMILES string of the molecule is C[C@H]1CC[C@H](CN)C(=O)N1. The monoisotopic (exact) mass is 142 g/mol. The topological polar surface area (TPSA) is 55.1 Å². The van der Waals surface area contributed by atoms with Crippen LogP contribution in [0, 0.1) is 5.92 Å². The van der Waals surface area contributed by atoms with E-state index in [4.69, 9.17) is 5.73 Å². The van der Waals surface area contributed by atoms with Crippen molar-refractivity contribution in [1.82, 2.24) is 5.32 Å². The summed E-state index contributed by atoms with van der Waals surface area (Å²) >= 11 is 0. The highest BCUT2D eigenvalue weighted by atomic mass is 16.2. The molecule has 1 saturated heterocycles. The van der Waals surface area contributed by atoms with Crippen LogP contribution in [-0.2, 0) is 4.79 Å². The Morgan fingerprint density at radius 1 is 1.70 bits per heavy atom. The molecule has 3 heteroatoms. The number of carbonyl (C=O) groups excluding carboxylic acids is 1. The summed E-state index contributed by atoms with van der Waals surface area (Å²) in [6, 6.07) is 0.343. The van der Waals surface area contributed by atoms with Crippen LogP contribution in [0.1, 0.15) is 19.8 Å².